The minimum Gasteiger partial charge on any atom is -0.478 e. The number of carbonyl (C=O) groups excluding carboxylic acids is 1. The smallest absolute Gasteiger partial charge is 0.336 e. The Balaban J connectivity index is 2.17. The third-order valence-corrected chi connectivity index (χ3v) is 3.96. The van der Waals surface area contributed by atoms with Gasteiger partial charge in [-0.3, -0.25) is 4.79 Å². The van der Waals surface area contributed by atoms with Gasteiger partial charge >= 0.3 is 5.97 Å². The number of nitrogens with two attached hydrogens (primary N) is 1. The molecule has 2 aromatic rings. The SMILES string of the molecule is NC(=O)c1ccc(CSc2ccccc2C(=O)O)c(F)c1. The lowest BCUT2D eigenvalue weighted by atomic mass is 10.1. The van der Waals surface area contributed by atoms with Gasteiger partial charge in [-0.05, 0) is 29.8 Å². The van der Waals surface area contributed by atoms with Gasteiger partial charge in [0.05, 0.1) is 5.56 Å². The Labute approximate surface area is 124 Å². The average Bonchev–Trinajstić information content (AvgIpc) is 2.46. The summed E-state index contributed by atoms with van der Waals surface area (Å²) in [6.45, 7) is 0. The van der Waals surface area contributed by atoms with Gasteiger partial charge in [0.25, 0.3) is 0 Å². The van der Waals surface area contributed by atoms with E-state index in [0.717, 1.165) is 6.07 Å². The lowest BCUT2D eigenvalue weighted by Gasteiger charge is -2.07. The number of hydrogen-bond donors (Lipinski definition) is 2. The number of aromatic carboxylic acids is 1. The lowest BCUT2D eigenvalue weighted by Crippen LogP contribution is -2.11. The Bertz CT molecular complexity index is 703. The third kappa shape index (κ3) is 3.61. The molecule has 0 aliphatic rings. The predicted octanol–water partition coefficient (Wildman–Crippen LogP) is 2.92. The molecule has 0 saturated carbocycles. The maximum atomic E-state index is 13.8. The monoisotopic (exact) mass is 305 g/mol. The van der Waals surface area contributed by atoms with Crippen LogP contribution in [-0.2, 0) is 5.75 Å². The molecular weight excluding hydrogens is 293 g/mol. The molecule has 21 heavy (non-hydrogen) atoms. The molecule has 1 amide bonds. The van der Waals surface area contributed by atoms with Gasteiger partial charge in [-0.2, -0.15) is 0 Å². The number of thioether (sulfide) groups is 1. The summed E-state index contributed by atoms with van der Waals surface area (Å²) >= 11 is 1.22. The molecule has 0 radical (unpaired) electrons. The van der Waals surface area contributed by atoms with Crippen LogP contribution in [0.1, 0.15) is 26.3 Å². The van der Waals surface area contributed by atoms with E-state index in [2.05, 4.69) is 0 Å². The van der Waals surface area contributed by atoms with Gasteiger partial charge in [0, 0.05) is 16.2 Å². The fourth-order valence-electron chi connectivity index (χ4n) is 1.74. The van der Waals surface area contributed by atoms with Gasteiger partial charge in [-0.15, -0.1) is 11.8 Å². The van der Waals surface area contributed by atoms with Crippen LogP contribution in [0, 0.1) is 5.82 Å². The Morgan fingerprint density at radius 2 is 1.90 bits per heavy atom. The van der Waals surface area contributed by atoms with E-state index in [-0.39, 0.29) is 16.9 Å². The fourth-order valence-corrected chi connectivity index (χ4v) is 2.77. The van der Waals surface area contributed by atoms with Crippen LogP contribution in [0.5, 0.6) is 0 Å². The summed E-state index contributed by atoms with van der Waals surface area (Å²) in [4.78, 5) is 22.6. The Hall–Kier alpha value is -2.34. The van der Waals surface area contributed by atoms with Gasteiger partial charge in [0.15, 0.2) is 0 Å². The molecule has 6 heteroatoms. The van der Waals surface area contributed by atoms with Crippen molar-refractivity contribution in [1.29, 1.82) is 0 Å². The molecule has 4 nitrogen and oxygen atoms in total. The quantitative estimate of drug-likeness (QED) is 0.832. The summed E-state index contributed by atoms with van der Waals surface area (Å²) in [7, 11) is 0. The molecule has 0 saturated heterocycles. The van der Waals surface area contributed by atoms with Crippen molar-refractivity contribution in [2.45, 2.75) is 10.6 Å². The van der Waals surface area contributed by atoms with Crippen LogP contribution >= 0.6 is 11.8 Å². The minimum atomic E-state index is -1.03. The van der Waals surface area contributed by atoms with Crippen molar-refractivity contribution >= 4 is 23.6 Å². The number of amides is 1. The van der Waals surface area contributed by atoms with Gasteiger partial charge in [0.2, 0.25) is 5.91 Å². The summed E-state index contributed by atoms with van der Waals surface area (Å²) in [5.74, 6) is -1.99. The van der Waals surface area contributed by atoms with Crippen LogP contribution in [0.3, 0.4) is 0 Å². The van der Waals surface area contributed by atoms with Crippen LogP contribution in [0.25, 0.3) is 0 Å². The number of carboxylic acids is 1. The van der Waals surface area contributed by atoms with Gasteiger partial charge in [-0.25, -0.2) is 9.18 Å². The molecule has 0 unspecified atom stereocenters. The van der Waals surface area contributed by atoms with E-state index in [0.29, 0.717) is 10.5 Å². The van der Waals surface area contributed by atoms with Crippen LogP contribution in [0.15, 0.2) is 47.4 Å². The molecule has 108 valence electrons. The first-order valence-electron chi connectivity index (χ1n) is 6.02. The van der Waals surface area contributed by atoms with Crippen LogP contribution in [-0.4, -0.2) is 17.0 Å². The topological polar surface area (TPSA) is 80.4 Å². The zero-order valence-corrected chi connectivity index (χ0v) is 11.7. The highest BCUT2D eigenvalue weighted by Gasteiger charge is 2.11. The predicted molar refractivity (Wildman–Crippen MR) is 77.9 cm³/mol. The number of benzene rings is 2. The Morgan fingerprint density at radius 1 is 1.19 bits per heavy atom. The average molecular weight is 305 g/mol. The second kappa shape index (κ2) is 6.41. The van der Waals surface area contributed by atoms with Gasteiger partial charge in [-0.1, -0.05) is 18.2 Å². The van der Waals surface area contributed by atoms with E-state index in [9.17, 15) is 14.0 Å². The largest absolute Gasteiger partial charge is 0.478 e. The van der Waals surface area contributed by atoms with Crippen molar-refractivity contribution in [3.63, 3.8) is 0 Å². The van der Waals surface area contributed by atoms with Crippen LogP contribution in [0.2, 0.25) is 0 Å². The molecule has 0 fully saturated rings. The van der Waals surface area contributed by atoms with E-state index in [1.54, 1.807) is 18.2 Å². The number of rotatable bonds is 5. The maximum Gasteiger partial charge on any atom is 0.336 e. The van der Waals surface area contributed by atoms with Crippen molar-refractivity contribution in [2.24, 2.45) is 5.73 Å². The summed E-state index contributed by atoms with van der Waals surface area (Å²) < 4.78 is 13.8. The second-order valence-corrected chi connectivity index (χ2v) is 5.28. The number of primary amides is 1. The van der Waals surface area contributed by atoms with E-state index >= 15 is 0 Å². The molecule has 3 N–H and O–H groups in total. The molecule has 0 aliphatic heterocycles. The zero-order valence-electron chi connectivity index (χ0n) is 10.9. The standard InChI is InChI=1S/C15H12FNO3S/c16-12-7-9(14(17)18)5-6-10(12)8-21-13-4-2-1-3-11(13)15(19)20/h1-7H,8H2,(H2,17,18)(H,19,20). The van der Waals surface area contributed by atoms with E-state index in [1.165, 1.54) is 30.0 Å². The third-order valence-electron chi connectivity index (χ3n) is 2.84. The maximum absolute atomic E-state index is 13.8. The fraction of sp³-hybridized carbons (Fsp3) is 0.0667. The van der Waals surface area contributed by atoms with E-state index in [1.807, 2.05) is 0 Å². The summed E-state index contributed by atoms with van der Waals surface area (Å²) in [6.07, 6.45) is 0. The molecule has 0 aromatic heterocycles. The highest BCUT2D eigenvalue weighted by molar-refractivity contribution is 7.98. The number of hydrogen-bond acceptors (Lipinski definition) is 3. The second-order valence-electron chi connectivity index (χ2n) is 4.26. The summed E-state index contributed by atoms with van der Waals surface area (Å²) in [5, 5.41) is 9.08. The van der Waals surface area contributed by atoms with E-state index in [4.69, 9.17) is 10.8 Å². The number of halogens is 1. The number of carbonyl (C=O) groups is 2. The van der Waals surface area contributed by atoms with Crippen LogP contribution in [0.4, 0.5) is 4.39 Å². The van der Waals surface area contributed by atoms with Crippen LogP contribution < -0.4 is 5.73 Å². The van der Waals surface area contributed by atoms with Crippen molar-refractivity contribution in [2.75, 3.05) is 0 Å². The lowest BCUT2D eigenvalue weighted by molar-refractivity contribution is 0.0693. The molecular formula is C15H12FNO3S. The molecule has 0 heterocycles. The summed E-state index contributed by atoms with van der Waals surface area (Å²) in [5.41, 5.74) is 5.74. The van der Waals surface area contributed by atoms with Crippen molar-refractivity contribution in [1.82, 2.24) is 0 Å². The molecule has 2 rings (SSSR count). The number of carboxylic acid groups (broad SMARTS) is 1. The molecule has 0 atom stereocenters. The van der Waals surface area contributed by atoms with Crippen molar-refractivity contribution < 1.29 is 19.1 Å². The summed E-state index contributed by atoms with van der Waals surface area (Å²) in [6, 6.07) is 10.5. The first kappa shape index (κ1) is 15.1. The highest BCUT2D eigenvalue weighted by Crippen LogP contribution is 2.27. The Morgan fingerprint density at radius 3 is 2.52 bits per heavy atom. The molecule has 0 aliphatic carbocycles. The zero-order chi connectivity index (χ0) is 15.4. The van der Waals surface area contributed by atoms with Crippen molar-refractivity contribution in [3.8, 4) is 0 Å². The minimum absolute atomic E-state index is 0.104. The molecule has 0 bridgehead atoms. The van der Waals surface area contributed by atoms with Gasteiger partial charge in [0.1, 0.15) is 5.82 Å². The first-order chi connectivity index (χ1) is 9.99. The van der Waals surface area contributed by atoms with Crippen molar-refractivity contribution in [3.05, 3.63) is 65.0 Å². The highest BCUT2D eigenvalue weighted by atomic mass is 32.2. The first-order valence-corrected chi connectivity index (χ1v) is 7.01. The van der Waals surface area contributed by atoms with E-state index < -0.39 is 17.7 Å². The van der Waals surface area contributed by atoms with Gasteiger partial charge < -0.3 is 10.8 Å². The molecule has 2 aromatic carbocycles. The Kier molecular flexibility index (Phi) is 4.59. The molecule has 0 spiro atoms. The normalized spacial score (nSPS) is 10.3.